The zero-order chi connectivity index (χ0) is 9.31. The van der Waals surface area contributed by atoms with Gasteiger partial charge in [-0.25, -0.2) is 13.8 Å². The summed E-state index contributed by atoms with van der Waals surface area (Å²) in [6.45, 7) is 0.848. The first-order valence-electron chi connectivity index (χ1n) is 4.11. The Morgan fingerprint density at radius 1 is 1.54 bits per heavy atom. The second-order valence-electron chi connectivity index (χ2n) is 3.05. The van der Waals surface area contributed by atoms with Crippen molar-refractivity contribution in [2.75, 3.05) is 13.2 Å². The minimum absolute atomic E-state index is 0.00648. The van der Waals surface area contributed by atoms with Gasteiger partial charge in [-0.15, -0.1) is 0 Å². The first-order chi connectivity index (χ1) is 6.21. The molecular formula is C9H9F2NO. The molecule has 1 heterocycles. The number of allylic oxidation sites excluding steroid dienone is 3. The molecule has 0 saturated heterocycles. The standard InChI is InChI=1S/C9H9F2NO/c10-7-2-1-3-9(11,6-7)8-12-4-5-13-8/h1-3H,4-6H2. The lowest BCUT2D eigenvalue weighted by Gasteiger charge is -2.21. The predicted octanol–water partition coefficient (Wildman–Crippen LogP) is 1.94. The molecule has 2 rings (SSSR count). The lowest BCUT2D eigenvalue weighted by Crippen LogP contribution is -2.33. The van der Waals surface area contributed by atoms with Crippen LogP contribution in [0, 0.1) is 0 Å². The van der Waals surface area contributed by atoms with E-state index in [0.717, 1.165) is 0 Å². The Kier molecular flexibility index (Phi) is 1.90. The van der Waals surface area contributed by atoms with Gasteiger partial charge in [-0.3, -0.25) is 0 Å². The van der Waals surface area contributed by atoms with Crippen LogP contribution in [0.5, 0.6) is 0 Å². The average Bonchev–Trinajstić information content (AvgIpc) is 2.55. The molecule has 0 amide bonds. The molecule has 1 unspecified atom stereocenters. The fraction of sp³-hybridized carbons (Fsp3) is 0.444. The van der Waals surface area contributed by atoms with E-state index in [4.69, 9.17) is 4.74 Å². The third kappa shape index (κ3) is 1.48. The number of hydrogen-bond donors (Lipinski definition) is 0. The van der Waals surface area contributed by atoms with Crippen LogP contribution >= 0.6 is 0 Å². The summed E-state index contributed by atoms with van der Waals surface area (Å²) in [7, 11) is 0. The quantitative estimate of drug-likeness (QED) is 0.611. The van der Waals surface area contributed by atoms with Gasteiger partial charge in [-0.05, 0) is 12.2 Å². The summed E-state index contributed by atoms with van der Waals surface area (Å²) in [4.78, 5) is 3.84. The number of alkyl halides is 1. The van der Waals surface area contributed by atoms with E-state index >= 15 is 0 Å². The fourth-order valence-corrected chi connectivity index (χ4v) is 1.40. The van der Waals surface area contributed by atoms with Gasteiger partial charge in [0.1, 0.15) is 12.4 Å². The summed E-state index contributed by atoms with van der Waals surface area (Å²) in [5.74, 6) is -0.477. The van der Waals surface area contributed by atoms with E-state index < -0.39 is 11.5 Å². The molecule has 4 heteroatoms. The van der Waals surface area contributed by atoms with Crippen molar-refractivity contribution in [1.82, 2.24) is 0 Å². The average molecular weight is 185 g/mol. The van der Waals surface area contributed by atoms with Crippen molar-refractivity contribution in [1.29, 1.82) is 0 Å². The van der Waals surface area contributed by atoms with Gasteiger partial charge in [0, 0.05) is 6.42 Å². The Labute approximate surface area is 74.6 Å². The summed E-state index contributed by atoms with van der Waals surface area (Å²) in [5, 5.41) is 0. The molecule has 0 spiro atoms. The van der Waals surface area contributed by atoms with Crippen molar-refractivity contribution in [3.05, 3.63) is 24.1 Å². The Bertz CT molecular complexity index is 309. The van der Waals surface area contributed by atoms with Crippen molar-refractivity contribution < 1.29 is 13.5 Å². The van der Waals surface area contributed by atoms with E-state index in [0.29, 0.717) is 13.2 Å². The molecule has 0 aromatic rings. The fourth-order valence-electron chi connectivity index (χ4n) is 1.40. The molecule has 0 saturated carbocycles. The Morgan fingerprint density at radius 3 is 3.00 bits per heavy atom. The number of aliphatic imine (C=N–C) groups is 1. The molecular weight excluding hydrogens is 176 g/mol. The zero-order valence-corrected chi connectivity index (χ0v) is 6.96. The number of nitrogens with zero attached hydrogens (tertiary/aromatic N) is 1. The molecule has 2 aliphatic rings. The largest absolute Gasteiger partial charge is 0.476 e. The summed E-state index contributed by atoms with van der Waals surface area (Å²) in [6.07, 6.45) is 3.57. The van der Waals surface area contributed by atoms with Crippen molar-refractivity contribution in [2.24, 2.45) is 4.99 Å². The van der Waals surface area contributed by atoms with Crippen molar-refractivity contribution >= 4 is 5.90 Å². The van der Waals surface area contributed by atoms with Crippen LogP contribution in [0.4, 0.5) is 8.78 Å². The summed E-state index contributed by atoms with van der Waals surface area (Å²) in [6, 6.07) is 0. The van der Waals surface area contributed by atoms with Gasteiger partial charge >= 0.3 is 0 Å². The lowest BCUT2D eigenvalue weighted by atomic mass is 9.96. The third-order valence-electron chi connectivity index (χ3n) is 2.00. The van der Waals surface area contributed by atoms with Crippen LogP contribution in [0.3, 0.4) is 0 Å². The minimum Gasteiger partial charge on any atom is -0.476 e. The van der Waals surface area contributed by atoms with E-state index in [2.05, 4.69) is 4.99 Å². The summed E-state index contributed by atoms with van der Waals surface area (Å²) < 4.78 is 31.7. The van der Waals surface area contributed by atoms with Crippen molar-refractivity contribution in [2.45, 2.75) is 12.1 Å². The molecule has 0 N–H and O–H groups in total. The highest BCUT2D eigenvalue weighted by atomic mass is 19.2. The van der Waals surface area contributed by atoms with Crippen LogP contribution in [-0.4, -0.2) is 24.7 Å². The third-order valence-corrected chi connectivity index (χ3v) is 2.00. The Hall–Kier alpha value is -1.19. The number of halogens is 2. The molecule has 0 aromatic heterocycles. The highest BCUT2D eigenvalue weighted by molar-refractivity contribution is 5.89. The van der Waals surface area contributed by atoms with Crippen LogP contribution in [0.1, 0.15) is 6.42 Å². The van der Waals surface area contributed by atoms with E-state index in [1.54, 1.807) is 0 Å². The normalized spacial score (nSPS) is 32.5. The van der Waals surface area contributed by atoms with Crippen LogP contribution < -0.4 is 0 Å². The van der Waals surface area contributed by atoms with Gasteiger partial charge in [0.2, 0.25) is 11.6 Å². The molecule has 0 bridgehead atoms. The lowest BCUT2D eigenvalue weighted by molar-refractivity contribution is 0.231. The Balaban J connectivity index is 2.22. The smallest absolute Gasteiger partial charge is 0.226 e. The summed E-state index contributed by atoms with van der Waals surface area (Å²) >= 11 is 0. The number of rotatable bonds is 1. The molecule has 1 aliphatic heterocycles. The Morgan fingerprint density at radius 2 is 2.38 bits per heavy atom. The maximum absolute atomic E-state index is 13.9. The van der Waals surface area contributed by atoms with Crippen LogP contribution in [0.2, 0.25) is 0 Å². The van der Waals surface area contributed by atoms with Gasteiger partial charge in [0.25, 0.3) is 0 Å². The molecule has 0 radical (unpaired) electrons. The SMILES string of the molecule is FC1=CC=CC(F)(C2=NCCO2)C1. The second-order valence-corrected chi connectivity index (χ2v) is 3.05. The van der Waals surface area contributed by atoms with Crippen molar-refractivity contribution in [3.63, 3.8) is 0 Å². The van der Waals surface area contributed by atoms with Gasteiger partial charge in [0.15, 0.2) is 0 Å². The topological polar surface area (TPSA) is 21.6 Å². The monoisotopic (exact) mass is 185 g/mol. The van der Waals surface area contributed by atoms with Crippen LogP contribution in [0.25, 0.3) is 0 Å². The molecule has 70 valence electrons. The highest BCUT2D eigenvalue weighted by Crippen LogP contribution is 2.30. The highest BCUT2D eigenvalue weighted by Gasteiger charge is 2.39. The van der Waals surface area contributed by atoms with Crippen LogP contribution in [-0.2, 0) is 4.74 Å². The summed E-state index contributed by atoms with van der Waals surface area (Å²) in [5.41, 5.74) is -1.87. The first-order valence-corrected chi connectivity index (χ1v) is 4.11. The molecule has 13 heavy (non-hydrogen) atoms. The number of hydrogen-bond acceptors (Lipinski definition) is 2. The zero-order valence-electron chi connectivity index (χ0n) is 6.96. The van der Waals surface area contributed by atoms with Gasteiger partial charge in [0.05, 0.1) is 6.54 Å². The van der Waals surface area contributed by atoms with E-state index in [-0.39, 0.29) is 12.3 Å². The van der Waals surface area contributed by atoms with Gasteiger partial charge < -0.3 is 4.74 Å². The van der Waals surface area contributed by atoms with Crippen LogP contribution in [0.15, 0.2) is 29.0 Å². The molecule has 1 atom stereocenters. The second kappa shape index (κ2) is 2.94. The van der Waals surface area contributed by atoms with Gasteiger partial charge in [-0.1, -0.05) is 6.08 Å². The first kappa shape index (κ1) is 8.41. The molecule has 0 aromatic carbocycles. The maximum atomic E-state index is 13.9. The molecule has 0 fully saturated rings. The molecule has 2 nitrogen and oxygen atoms in total. The van der Waals surface area contributed by atoms with E-state index in [1.807, 2.05) is 0 Å². The van der Waals surface area contributed by atoms with E-state index in [1.165, 1.54) is 18.2 Å². The predicted molar refractivity (Wildman–Crippen MR) is 45.0 cm³/mol. The van der Waals surface area contributed by atoms with Gasteiger partial charge in [-0.2, -0.15) is 0 Å². The maximum Gasteiger partial charge on any atom is 0.226 e. The van der Waals surface area contributed by atoms with E-state index in [9.17, 15) is 8.78 Å². The van der Waals surface area contributed by atoms with Crippen molar-refractivity contribution in [3.8, 4) is 0 Å². The molecule has 1 aliphatic carbocycles. The number of ether oxygens (including phenoxy) is 1. The minimum atomic E-state index is -1.87.